The number of carbonyl (C=O) groups excluding carboxylic acids is 2. The lowest BCUT2D eigenvalue weighted by Gasteiger charge is -2.29. The van der Waals surface area contributed by atoms with E-state index in [0.717, 1.165) is 16.5 Å². The van der Waals surface area contributed by atoms with Gasteiger partial charge in [0.15, 0.2) is 0 Å². The summed E-state index contributed by atoms with van der Waals surface area (Å²) in [7, 11) is 1.60. The molecule has 35 heavy (non-hydrogen) atoms. The van der Waals surface area contributed by atoms with Crippen LogP contribution in [-0.2, 0) is 20.7 Å². The van der Waals surface area contributed by atoms with Gasteiger partial charge in [0, 0.05) is 35.9 Å². The minimum absolute atomic E-state index is 0.173. The Morgan fingerprint density at radius 2 is 1.89 bits per heavy atom. The van der Waals surface area contributed by atoms with Crippen LogP contribution in [-0.4, -0.2) is 66.3 Å². The van der Waals surface area contributed by atoms with Crippen LogP contribution >= 0.6 is 0 Å². The van der Waals surface area contributed by atoms with Crippen molar-refractivity contribution in [2.45, 2.75) is 18.9 Å². The monoisotopic (exact) mass is 480 g/mol. The number of anilines is 1. The van der Waals surface area contributed by atoms with Crippen LogP contribution in [0.1, 0.15) is 23.6 Å². The van der Waals surface area contributed by atoms with Crippen molar-refractivity contribution in [3.63, 3.8) is 0 Å². The Balaban J connectivity index is 1.40. The summed E-state index contributed by atoms with van der Waals surface area (Å²) in [5.74, 6) is -0.500. The third kappa shape index (κ3) is 6.10. The largest absolute Gasteiger partial charge is 0.497 e. The molecule has 1 fully saturated rings. The second-order valence-corrected chi connectivity index (χ2v) is 8.27. The lowest BCUT2D eigenvalue weighted by Crippen LogP contribution is -2.47. The number of amides is 3. The third-order valence-corrected chi connectivity index (χ3v) is 5.90. The Bertz CT molecular complexity index is 1200. The topological polar surface area (TPSA) is 133 Å². The Kier molecular flexibility index (Phi) is 7.51. The lowest BCUT2D eigenvalue weighted by molar-refractivity contribution is -0.137. The molecule has 0 radical (unpaired) electrons. The van der Waals surface area contributed by atoms with E-state index in [9.17, 15) is 19.5 Å². The molecule has 3 aromatic rings. The van der Waals surface area contributed by atoms with Crippen molar-refractivity contribution in [2.24, 2.45) is 0 Å². The number of morpholine rings is 1. The van der Waals surface area contributed by atoms with E-state index in [2.05, 4.69) is 15.6 Å². The minimum Gasteiger partial charge on any atom is -0.497 e. The molecule has 1 aromatic heterocycles. The van der Waals surface area contributed by atoms with Gasteiger partial charge in [-0.05, 0) is 41.5 Å². The molecule has 2 aromatic carbocycles. The highest BCUT2D eigenvalue weighted by molar-refractivity contribution is 5.96. The predicted octanol–water partition coefficient (Wildman–Crippen LogP) is 2.92. The number of benzene rings is 2. The average Bonchev–Trinajstić information content (AvgIpc) is 3.26. The number of hydrogen-bond acceptors (Lipinski definition) is 5. The maximum absolute atomic E-state index is 12.7. The number of carboxylic acids is 1. The second-order valence-electron chi connectivity index (χ2n) is 8.27. The van der Waals surface area contributed by atoms with Gasteiger partial charge in [0.2, 0.25) is 5.91 Å². The summed E-state index contributed by atoms with van der Waals surface area (Å²) < 4.78 is 10.5. The second kappa shape index (κ2) is 10.9. The van der Waals surface area contributed by atoms with E-state index in [-0.39, 0.29) is 24.8 Å². The van der Waals surface area contributed by atoms with Gasteiger partial charge in [-0.3, -0.25) is 9.59 Å². The summed E-state index contributed by atoms with van der Waals surface area (Å²) >= 11 is 0. The first-order chi connectivity index (χ1) is 16.9. The summed E-state index contributed by atoms with van der Waals surface area (Å²) in [4.78, 5) is 41.4. The van der Waals surface area contributed by atoms with Gasteiger partial charge in [0.25, 0.3) is 0 Å². The maximum atomic E-state index is 12.7. The number of aromatic amines is 1. The molecule has 1 aliphatic heterocycles. The molecule has 1 atom stereocenters. The smallest absolute Gasteiger partial charge is 0.318 e. The molecule has 0 spiro atoms. The van der Waals surface area contributed by atoms with Crippen molar-refractivity contribution in [1.82, 2.24) is 15.2 Å². The van der Waals surface area contributed by atoms with Gasteiger partial charge < -0.3 is 35.1 Å². The van der Waals surface area contributed by atoms with Crippen LogP contribution in [0.2, 0.25) is 0 Å². The third-order valence-electron chi connectivity index (χ3n) is 5.90. The molecule has 0 bridgehead atoms. The summed E-state index contributed by atoms with van der Waals surface area (Å²) in [6, 6.07) is 11.4. The Morgan fingerprint density at radius 1 is 1.14 bits per heavy atom. The molecule has 4 rings (SSSR count). The normalized spacial score (nSPS) is 14.4. The van der Waals surface area contributed by atoms with Crippen LogP contribution in [0.25, 0.3) is 10.9 Å². The van der Waals surface area contributed by atoms with Crippen molar-refractivity contribution in [2.75, 3.05) is 38.7 Å². The van der Waals surface area contributed by atoms with Crippen LogP contribution in [0.5, 0.6) is 5.75 Å². The minimum atomic E-state index is -1.02. The molecule has 4 N–H and O–H groups in total. The number of fused-ring (bicyclic) bond motifs is 1. The van der Waals surface area contributed by atoms with Crippen LogP contribution < -0.4 is 15.4 Å². The number of nitrogens with one attached hydrogen (secondary N) is 3. The first-order valence-corrected chi connectivity index (χ1v) is 11.3. The molecule has 1 aliphatic rings. The Morgan fingerprint density at radius 3 is 2.57 bits per heavy atom. The number of carbonyl (C=O) groups is 3. The fraction of sp³-hybridized carbons (Fsp3) is 0.320. The number of aromatic nitrogens is 1. The lowest BCUT2D eigenvalue weighted by atomic mass is 10.0. The van der Waals surface area contributed by atoms with Crippen LogP contribution in [0, 0.1) is 0 Å². The maximum Gasteiger partial charge on any atom is 0.318 e. The highest BCUT2D eigenvalue weighted by atomic mass is 16.5. The first-order valence-electron chi connectivity index (χ1n) is 11.3. The molecule has 1 unspecified atom stereocenters. The van der Waals surface area contributed by atoms with Crippen molar-refractivity contribution in [3.8, 4) is 5.75 Å². The number of nitrogens with zero attached hydrogens (tertiary/aromatic N) is 1. The molecule has 0 saturated carbocycles. The van der Waals surface area contributed by atoms with Gasteiger partial charge in [0.05, 0.1) is 39.2 Å². The Hall–Kier alpha value is -4.05. The molecule has 10 heteroatoms. The van der Waals surface area contributed by atoms with E-state index in [1.54, 1.807) is 42.5 Å². The number of urea groups is 1. The van der Waals surface area contributed by atoms with E-state index >= 15 is 0 Å². The Labute approximate surface area is 202 Å². The van der Waals surface area contributed by atoms with Crippen molar-refractivity contribution >= 4 is 34.5 Å². The van der Waals surface area contributed by atoms with Crippen LogP contribution in [0.4, 0.5) is 10.5 Å². The number of H-pyrrole nitrogens is 1. The van der Waals surface area contributed by atoms with Crippen molar-refractivity contribution in [1.29, 1.82) is 0 Å². The zero-order valence-corrected chi connectivity index (χ0v) is 19.4. The van der Waals surface area contributed by atoms with E-state index < -0.39 is 12.0 Å². The van der Waals surface area contributed by atoms with Crippen LogP contribution in [0.3, 0.4) is 0 Å². The summed E-state index contributed by atoms with van der Waals surface area (Å²) in [5.41, 5.74) is 2.97. The molecule has 1 saturated heterocycles. The number of rotatable bonds is 8. The van der Waals surface area contributed by atoms with Crippen molar-refractivity contribution in [3.05, 3.63) is 59.8 Å². The van der Waals surface area contributed by atoms with Gasteiger partial charge in [-0.2, -0.15) is 0 Å². The van der Waals surface area contributed by atoms with E-state index in [1.807, 2.05) is 18.2 Å². The van der Waals surface area contributed by atoms with Crippen LogP contribution in [0.15, 0.2) is 48.7 Å². The highest BCUT2D eigenvalue weighted by Gasteiger charge is 2.23. The average molecular weight is 481 g/mol. The molecular weight excluding hydrogens is 452 g/mol. The first kappa shape index (κ1) is 24.1. The summed E-state index contributed by atoms with van der Waals surface area (Å²) in [6.45, 7) is 1.83. The van der Waals surface area contributed by atoms with E-state index in [1.165, 1.54) is 0 Å². The number of hydrogen-bond donors (Lipinski definition) is 4. The molecule has 0 aliphatic carbocycles. The standard InChI is InChI=1S/C25H28N4O6/c1-34-19-6-7-21-20(13-19)17(15-26-21)12-23(30)27-18-4-2-16(3-5-18)22(14-24(31)32)28-25(33)29-8-10-35-11-9-29/h2-7,13,15,22,26H,8-12,14H2,1H3,(H,27,30)(H,28,33)(H,31,32). The van der Waals surface area contributed by atoms with E-state index in [0.29, 0.717) is 43.3 Å². The quantitative estimate of drug-likeness (QED) is 0.392. The van der Waals surface area contributed by atoms with Gasteiger partial charge in [0.1, 0.15) is 5.75 Å². The zero-order valence-electron chi connectivity index (χ0n) is 19.4. The van der Waals surface area contributed by atoms with Gasteiger partial charge in [-0.15, -0.1) is 0 Å². The zero-order chi connectivity index (χ0) is 24.8. The molecule has 10 nitrogen and oxygen atoms in total. The summed E-state index contributed by atoms with van der Waals surface area (Å²) in [5, 5.41) is 15.9. The number of carboxylic acid groups (broad SMARTS) is 1. The predicted molar refractivity (Wildman–Crippen MR) is 130 cm³/mol. The van der Waals surface area contributed by atoms with Gasteiger partial charge in [-0.25, -0.2) is 4.79 Å². The molecule has 2 heterocycles. The van der Waals surface area contributed by atoms with Gasteiger partial charge in [-0.1, -0.05) is 12.1 Å². The van der Waals surface area contributed by atoms with Gasteiger partial charge >= 0.3 is 12.0 Å². The van der Waals surface area contributed by atoms with Crippen molar-refractivity contribution < 1.29 is 29.0 Å². The molecule has 184 valence electrons. The SMILES string of the molecule is COc1ccc2[nH]cc(CC(=O)Nc3ccc(C(CC(=O)O)NC(=O)N4CCOCC4)cc3)c2c1. The number of aliphatic carboxylic acids is 1. The number of methoxy groups -OCH3 is 1. The molecular formula is C25H28N4O6. The number of ether oxygens (including phenoxy) is 2. The van der Waals surface area contributed by atoms with E-state index in [4.69, 9.17) is 9.47 Å². The highest BCUT2D eigenvalue weighted by Crippen LogP contribution is 2.25. The molecule has 3 amide bonds. The summed E-state index contributed by atoms with van der Waals surface area (Å²) in [6.07, 6.45) is 1.72. The fourth-order valence-corrected chi connectivity index (χ4v) is 4.04. The fourth-order valence-electron chi connectivity index (χ4n) is 4.04.